The topological polar surface area (TPSA) is 34.4 Å². The van der Waals surface area contributed by atoms with E-state index in [1.165, 1.54) is 6.07 Å². The highest BCUT2D eigenvalue weighted by Crippen LogP contribution is 2.08. The fourth-order valence-electron chi connectivity index (χ4n) is 1.75. The van der Waals surface area contributed by atoms with Crippen molar-refractivity contribution in [2.24, 2.45) is 0 Å². The Morgan fingerprint density at radius 2 is 2.05 bits per heavy atom. The van der Waals surface area contributed by atoms with Gasteiger partial charge in [0.1, 0.15) is 12.4 Å². The Hall–Kier alpha value is -1.72. The first kappa shape index (κ1) is 14.7. The van der Waals surface area contributed by atoms with Crippen LogP contribution in [-0.2, 0) is 17.9 Å². The Bertz CT molecular complexity index is 515. The third-order valence-electron chi connectivity index (χ3n) is 2.78. The standard InChI is InChI=1S/C15H17F2NO2/c16-14-5-4-12(9-15(14)17)10-18-6-2-7-19-11-13-3-1-8-20-13/h1,3-5,8-9,18H,2,6-7,10-11H2. The van der Waals surface area contributed by atoms with Gasteiger partial charge in [-0.1, -0.05) is 6.07 Å². The molecule has 0 spiro atoms. The highest BCUT2D eigenvalue weighted by molar-refractivity contribution is 5.17. The summed E-state index contributed by atoms with van der Waals surface area (Å²) in [5.41, 5.74) is 0.723. The first-order valence-corrected chi connectivity index (χ1v) is 6.50. The minimum absolute atomic E-state index is 0.468. The summed E-state index contributed by atoms with van der Waals surface area (Å²) in [5.74, 6) is -0.828. The molecular formula is C15H17F2NO2. The van der Waals surface area contributed by atoms with E-state index in [0.29, 0.717) is 19.8 Å². The van der Waals surface area contributed by atoms with E-state index in [9.17, 15) is 8.78 Å². The van der Waals surface area contributed by atoms with Crippen LogP contribution in [0, 0.1) is 11.6 Å². The minimum atomic E-state index is -0.819. The van der Waals surface area contributed by atoms with Gasteiger partial charge in [-0.05, 0) is 42.8 Å². The van der Waals surface area contributed by atoms with Crippen LogP contribution in [0.25, 0.3) is 0 Å². The second-order valence-electron chi connectivity index (χ2n) is 4.41. The maximum absolute atomic E-state index is 13.0. The Labute approximate surface area is 116 Å². The van der Waals surface area contributed by atoms with E-state index in [0.717, 1.165) is 30.4 Å². The maximum Gasteiger partial charge on any atom is 0.159 e. The van der Waals surface area contributed by atoms with Gasteiger partial charge in [-0.3, -0.25) is 0 Å². The fraction of sp³-hybridized carbons (Fsp3) is 0.333. The highest BCUT2D eigenvalue weighted by atomic mass is 19.2. The number of hydrogen-bond acceptors (Lipinski definition) is 3. The molecule has 0 fully saturated rings. The maximum atomic E-state index is 13.0. The predicted octanol–water partition coefficient (Wildman–Crippen LogP) is 3.25. The summed E-state index contributed by atoms with van der Waals surface area (Å²) in [7, 11) is 0. The highest BCUT2D eigenvalue weighted by Gasteiger charge is 2.02. The summed E-state index contributed by atoms with van der Waals surface area (Å²) in [6, 6.07) is 7.59. The number of furan rings is 1. The predicted molar refractivity (Wildman–Crippen MR) is 71.0 cm³/mol. The second-order valence-corrected chi connectivity index (χ2v) is 4.41. The summed E-state index contributed by atoms with van der Waals surface area (Å²) in [6.07, 6.45) is 2.45. The van der Waals surface area contributed by atoms with Crippen molar-refractivity contribution < 1.29 is 17.9 Å². The van der Waals surface area contributed by atoms with Gasteiger partial charge in [0.2, 0.25) is 0 Å². The molecule has 1 heterocycles. The van der Waals surface area contributed by atoms with Gasteiger partial charge in [-0.25, -0.2) is 8.78 Å². The van der Waals surface area contributed by atoms with E-state index in [-0.39, 0.29) is 0 Å². The largest absolute Gasteiger partial charge is 0.467 e. The van der Waals surface area contributed by atoms with Gasteiger partial charge in [-0.15, -0.1) is 0 Å². The molecule has 1 N–H and O–H groups in total. The molecular weight excluding hydrogens is 264 g/mol. The SMILES string of the molecule is Fc1ccc(CNCCCOCc2ccco2)cc1F. The summed E-state index contributed by atoms with van der Waals surface area (Å²) in [5, 5.41) is 3.15. The smallest absolute Gasteiger partial charge is 0.159 e. The lowest BCUT2D eigenvalue weighted by Gasteiger charge is -2.06. The summed E-state index contributed by atoms with van der Waals surface area (Å²) >= 11 is 0. The van der Waals surface area contributed by atoms with Gasteiger partial charge < -0.3 is 14.5 Å². The number of ether oxygens (including phenoxy) is 1. The first-order valence-electron chi connectivity index (χ1n) is 6.50. The van der Waals surface area contributed by atoms with Crippen LogP contribution in [0.1, 0.15) is 17.7 Å². The Balaban J connectivity index is 1.54. The molecule has 0 bridgehead atoms. The Kier molecular flexibility index (Phi) is 5.70. The molecule has 0 atom stereocenters. The van der Waals surface area contributed by atoms with Crippen molar-refractivity contribution in [2.45, 2.75) is 19.6 Å². The molecule has 0 saturated carbocycles. The molecule has 0 unspecified atom stereocenters. The van der Waals surface area contributed by atoms with Gasteiger partial charge in [0.05, 0.1) is 6.26 Å². The van der Waals surface area contributed by atoms with Crippen molar-refractivity contribution >= 4 is 0 Å². The van der Waals surface area contributed by atoms with Crippen molar-refractivity contribution in [1.82, 2.24) is 5.32 Å². The molecule has 0 aliphatic rings. The number of rotatable bonds is 8. The number of nitrogens with one attached hydrogen (secondary N) is 1. The first-order chi connectivity index (χ1) is 9.75. The van der Waals surface area contributed by atoms with Gasteiger partial charge in [0, 0.05) is 13.2 Å². The van der Waals surface area contributed by atoms with Crippen LogP contribution in [0.5, 0.6) is 0 Å². The summed E-state index contributed by atoms with van der Waals surface area (Å²) < 4.78 is 36.2. The quantitative estimate of drug-likeness (QED) is 0.754. The van der Waals surface area contributed by atoms with Crippen LogP contribution < -0.4 is 5.32 Å². The van der Waals surface area contributed by atoms with Crippen LogP contribution in [0.3, 0.4) is 0 Å². The molecule has 0 aliphatic carbocycles. The molecule has 5 heteroatoms. The monoisotopic (exact) mass is 281 g/mol. The zero-order valence-corrected chi connectivity index (χ0v) is 11.1. The van der Waals surface area contributed by atoms with Gasteiger partial charge in [0.15, 0.2) is 11.6 Å². The molecule has 2 rings (SSSR count). The van der Waals surface area contributed by atoms with E-state index in [1.54, 1.807) is 12.3 Å². The van der Waals surface area contributed by atoms with E-state index in [4.69, 9.17) is 9.15 Å². The van der Waals surface area contributed by atoms with Crippen molar-refractivity contribution in [1.29, 1.82) is 0 Å². The minimum Gasteiger partial charge on any atom is -0.467 e. The molecule has 3 nitrogen and oxygen atoms in total. The summed E-state index contributed by atoms with van der Waals surface area (Å²) in [6.45, 7) is 2.34. The van der Waals surface area contributed by atoms with Gasteiger partial charge >= 0.3 is 0 Å². The number of hydrogen-bond donors (Lipinski definition) is 1. The fourth-order valence-corrected chi connectivity index (χ4v) is 1.75. The average molecular weight is 281 g/mol. The zero-order valence-electron chi connectivity index (χ0n) is 11.1. The lowest BCUT2D eigenvalue weighted by molar-refractivity contribution is 0.104. The van der Waals surface area contributed by atoms with E-state index in [1.807, 2.05) is 12.1 Å². The molecule has 0 saturated heterocycles. The van der Waals surface area contributed by atoms with Crippen molar-refractivity contribution in [3.63, 3.8) is 0 Å². The summed E-state index contributed by atoms with van der Waals surface area (Å²) in [4.78, 5) is 0. The third kappa shape index (κ3) is 4.75. The van der Waals surface area contributed by atoms with E-state index >= 15 is 0 Å². The van der Waals surface area contributed by atoms with Crippen LogP contribution >= 0.6 is 0 Å². The number of benzene rings is 1. The molecule has 1 aromatic carbocycles. The lowest BCUT2D eigenvalue weighted by Crippen LogP contribution is -2.16. The van der Waals surface area contributed by atoms with Crippen LogP contribution in [-0.4, -0.2) is 13.2 Å². The molecule has 0 amide bonds. The molecule has 1 aromatic heterocycles. The zero-order chi connectivity index (χ0) is 14.2. The van der Waals surface area contributed by atoms with Crippen LogP contribution in [0.15, 0.2) is 41.0 Å². The lowest BCUT2D eigenvalue weighted by atomic mass is 10.2. The molecule has 20 heavy (non-hydrogen) atoms. The molecule has 0 radical (unpaired) electrons. The van der Waals surface area contributed by atoms with Crippen molar-refractivity contribution in [3.05, 3.63) is 59.6 Å². The molecule has 108 valence electrons. The average Bonchev–Trinajstić information content (AvgIpc) is 2.95. The normalized spacial score (nSPS) is 10.9. The molecule has 0 aliphatic heterocycles. The van der Waals surface area contributed by atoms with E-state index < -0.39 is 11.6 Å². The Morgan fingerprint density at radius 3 is 2.80 bits per heavy atom. The van der Waals surface area contributed by atoms with Crippen molar-refractivity contribution in [3.8, 4) is 0 Å². The van der Waals surface area contributed by atoms with Crippen LogP contribution in [0.2, 0.25) is 0 Å². The Morgan fingerprint density at radius 1 is 1.15 bits per heavy atom. The number of halogens is 2. The second kappa shape index (κ2) is 7.77. The van der Waals surface area contributed by atoms with Gasteiger partial charge in [0.25, 0.3) is 0 Å². The van der Waals surface area contributed by atoms with Crippen LogP contribution in [0.4, 0.5) is 8.78 Å². The van der Waals surface area contributed by atoms with Gasteiger partial charge in [-0.2, -0.15) is 0 Å². The van der Waals surface area contributed by atoms with E-state index in [2.05, 4.69) is 5.32 Å². The third-order valence-corrected chi connectivity index (χ3v) is 2.78. The van der Waals surface area contributed by atoms with Crippen molar-refractivity contribution in [2.75, 3.05) is 13.2 Å². The molecule has 2 aromatic rings.